The lowest BCUT2D eigenvalue weighted by atomic mass is 9.89. The van der Waals surface area contributed by atoms with E-state index in [1.54, 1.807) is 11.0 Å². The van der Waals surface area contributed by atoms with Gasteiger partial charge >= 0.3 is 6.18 Å². The highest BCUT2D eigenvalue weighted by molar-refractivity contribution is 6.35. The zero-order valence-corrected chi connectivity index (χ0v) is 20.9. The molecule has 2 atom stereocenters. The van der Waals surface area contributed by atoms with Gasteiger partial charge in [-0.05, 0) is 48.6 Å². The number of nitrogens with zero attached hydrogens (tertiary/aromatic N) is 3. The number of benzene rings is 1. The summed E-state index contributed by atoms with van der Waals surface area (Å²) in [6, 6.07) is 3.32. The lowest BCUT2D eigenvalue weighted by Gasteiger charge is -2.30. The number of halogens is 6. The molecule has 1 saturated heterocycles. The smallest absolute Gasteiger partial charge is 0.376 e. The molecule has 2 unspecified atom stereocenters. The normalized spacial score (nSPS) is 23.5. The van der Waals surface area contributed by atoms with Crippen LogP contribution >= 0.6 is 23.2 Å². The summed E-state index contributed by atoms with van der Waals surface area (Å²) in [6.07, 6.45) is -1.10. The predicted molar refractivity (Wildman–Crippen MR) is 127 cm³/mol. The Morgan fingerprint density at radius 1 is 1.16 bits per heavy atom. The van der Waals surface area contributed by atoms with Crippen LogP contribution in [0.3, 0.4) is 0 Å². The molecule has 0 aliphatic carbocycles. The Bertz CT molecular complexity index is 1230. The number of rotatable bonds is 4. The predicted octanol–water partition coefficient (Wildman–Crippen LogP) is 5.33. The van der Waals surface area contributed by atoms with Crippen molar-refractivity contribution in [3.63, 3.8) is 0 Å². The molecule has 1 aromatic heterocycles. The summed E-state index contributed by atoms with van der Waals surface area (Å²) in [6.45, 7) is 1.51. The summed E-state index contributed by atoms with van der Waals surface area (Å²) in [5.41, 5.74) is -1.61. The third-order valence-corrected chi connectivity index (χ3v) is 7.34. The van der Waals surface area contributed by atoms with Crippen molar-refractivity contribution in [2.45, 2.75) is 56.7 Å². The maximum atomic E-state index is 14.3. The number of carbonyl (C=O) groups is 1. The minimum atomic E-state index is -4.90. The molecule has 0 bridgehead atoms. The number of ether oxygens (including phenoxy) is 1. The lowest BCUT2D eigenvalue weighted by molar-refractivity contribution is -0.275. The molecule has 0 spiro atoms. The maximum Gasteiger partial charge on any atom is 0.435 e. The van der Waals surface area contributed by atoms with Crippen LogP contribution in [-0.2, 0) is 28.3 Å². The molecule has 198 valence electrons. The van der Waals surface area contributed by atoms with E-state index in [2.05, 4.69) is 15.5 Å². The van der Waals surface area contributed by atoms with Crippen LogP contribution in [0.15, 0.2) is 29.6 Å². The van der Waals surface area contributed by atoms with Gasteiger partial charge in [-0.25, -0.2) is 4.39 Å². The van der Waals surface area contributed by atoms with Gasteiger partial charge < -0.3 is 19.8 Å². The van der Waals surface area contributed by atoms with Gasteiger partial charge in [0.05, 0.1) is 22.6 Å². The fourth-order valence-electron chi connectivity index (χ4n) is 4.70. The zero-order valence-electron chi connectivity index (χ0n) is 19.4. The minimum absolute atomic E-state index is 0.0252. The fraction of sp³-hybridized carbons (Fsp3) is 0.458. The molecule has 0 radical (unpaired) electrons. The maximum absolute atomic E-state index is 14.3. The molecule has 5 rings (SSSR count). The van der Waals surface area contributed by atoms with Crippen molar-refractivity contribution in [1.82, 2.24) is 15.2 Å². The quantitative estimate of drug-likeness (QED) is 0.404. The van der Waals surface area contributed by atoms with E-state index in [0.29, 0.717) is 13.2 Å². The number of hydrogen-bond donors (Lipinski definition) is 1. The standard InChI is InChI=1S/C24H22Cl2F4N4O3/c25-17-6-15(7-18(26)21(17)27)23(24(28,29)30)8-20(33-37-23)34-11-13-5-19(31-9-14(13)12-34)22(35)32-10-16-3-1-2-4-36-16/h5-7,9,16H,1-4,8,10-12H2,(H,32,35). The Labute approximate surface area is 219 Å². The highest BCUT2D eigenvalue weighted by Gasteiger charge is 2.63. The molecule has 0 saturated carbocycles. The molecule has 4 heterocycles. The number of pyridine rings is 1. The first-order chi connectivity index (χ1) is 17.6. The first kappa shape index (κ1) is 26.0. The first-order valence-electron chi connectivity index (χ1n) is 11.7. The van der Waals surface area contributed by atoms with Crippen molar-refractivity contribution >= 4 is 34.9 Å². The summed E-state index contributed by atoms with van der Waals surface area (Å²) in [4.78, 5) is 23.4. The number of alkyl halides is 3. The first-order valence-corrected chi connectivity index (χ1v) is 12.4. The van der Waals surface area contributed by atoms with Crippen molar-refractivity contribution < 1.29 is 31.9 Å². The molecule has 2 aromatic rings. The largest absolute Gasteiger partial charge is 0.435 e. The number of aromatic nitrogens is 1. The van der Waals surface area contributed by atoms with Gasteiger partial charge in [-0.2, -0.15) is 13.2 Å². The number of amidine groups is 1. The van der Waals surface area contributed by atoms with Crippen molar-refractivity contribution in [1.29, 1.82) is 0 Å². The van der Waals surface area contributed by atoms with E-state index < -0.39 is 39.6 Å². The van der Waals surface area contributed by atoms with Crippen LogP contribution in [0.2, 0.25) is 10.0 Å². The van der Waals surface area contributed by atoms with Crippen LogP contribution in [0.4, 0.5) is 17.6 Å². The second-order valence-electron chi connectivity index (χ2n) is 9.25. The molecule has 13 heteroatoms. The van der Waals surface area contributed by atoms with Gasteiger partial charge in [0.1, 0.15) is 11.5 Å². The molecular formula is C24H22Cl2F4N4O3. The molecule has 1 N–H and O–H groups in total. The van der Waals surface area contributed by atoms with Gasteiger partial charge in [0.25, 0.3) is 11.5 Å². The van der Waals surface area contributed by atoms with E-state index >= 15 is 0 Å². The van der Waals surface area contributed by atoms with Gasteiger partial charge in [0.2, 0.25) is 0 Å². The number of oxime groups is 1. The molecular weight excluding hydrogens is 539 g/mol. The highest BCUT2D eigenvalue weighted by Crippen LogP contribution is 2.50. The summed E-state index contributed by atoms with van der Waals surface area (Å²) in [7, 11) is 0. The second-order valence-corrected chi connectivity index (χ2v) is 10.1. The lowest BCUT2D eigenvalue weighted by Crippen LogP contribution is -2.44. The van der Waals surface area contributed by atoms with Crippen molar-refractivity contribution in [3.05, 3.63) is 62.6 Å². The topological polar surface area (TPSA) is 76.0 Å². The minimum Gasteiger partial charge on any atom is -0.376 e. The third kappa shape index (κ3) is 4.96. The van der Waals surface area contributed by atoms with Gasteiger partial charge in [-0.3, -0.25) is 9.78 Å². The van der Waals surface area contributed by atoms with E-state index in [-0.39, 0.29) is 36.6 Å². The average molecular weight is 561 g/mol. The molecule has 1 amide bonds. The zero-order chi connectivity index (χ0) is 26.4. The Morgan fingerprint density at radius 2 is 1.89 bits per heavy atom. The number of nitrogens with one attached hydrogen (secondary N) is 1. The summed E-state index contributed by atoms with van der Waals surface area (Å²) < 4.78 is 62.3. The van der Waals surface area contributed by atoms with Crippen LogP contribution in [0.1, 0.15) is 52.9 Å². The van der Waals surface area contributed by atoms with E-state index in [1.165, 1.54) is 6.20 Å². The van der Waals surface area contributed by atoms with Crippen LogP contribution in [-0.4, -0.2) is 47.1 Å². The third-order valence-electron chi connectivity index (χ3n) is 6.79. The summed E-state index contributed by atoms with van der Waals surface area (Å²) in [5, 5.41) is 5.47. The second kappa shape index (κ2) is 9.92. The highest BCUT2D eigenvalue weighted by atomic mass is 35.5. The SMILES string of the molecule is O=C(NCC1CCCCO1)c1cc2c(cn1)CN(C1=NOC(c3cc(Cl)c(F)c(Cl)c3)(C(F)(F)F)C1)C2. The molecule has 3 aliphatic heterocycles. The Hall–Kier alpha value is -2.63. The Kier molecular flexibility index (Phi) is 6.97. The molecule has 1 aromatic carbocycles. The van der Waals surface area contributed by atoms with Gasteiger partial charge in [-0.15, -0.1) is 0 Å². The van der Waals surface area contributed by atoms with Crippen LogP contribution in [0.5, 0.6) is 0 Å². The van der Waals surface area contributed by atoms with Crippen molar-refractivity contribution in [2.75, 3.05) is 13.2 Å². The van der Waals surface area contributed by atoms with Crippen LogP contribution in [0.25, 0.3) is 0 Å². The van der Waals surface area contributed by atoms with Gasteiger partial charge in [-0.1, -0.05) is 28.4 Å². The number of carbonyl (C=O) groups excluding carboxylic acids is 1. The van der Waals surface area contributed by atoms with E-state index in [4.69, 9.17) is 32.8 Å². The Morgan fingerprint density at radius 3 is 2.57 bits per heavy atom. The monoisotopic (exact) mass is 560 g/mol. The van der Waals surface area contributed by atoms with E-state index in [1.807, 2.05) is 0 Å². The van der Waals surface area contributed by atoms with Gasteiger partial charge in [0.15, 0.2) is 5.82 Å². The van der Waals surface area contributed by atoms with E-state index in [9.17, 15) is 22.4 Å². The van der Waals surface area contributed by atoms with Crippen molar-refractivity contribution in [3.8, 4) is 0 Å². The molecule has 7 nitrogen and oxygen atoms in total. The molecule has 1 fully saturated rings. The fourth-order valence-corrected chi connectivity index (χ4v) is 5.19. The van der Waals surface area contributed by atoms with Gasteiger partial charge in [0, 0.05) is 38.0 Å². The average Bonchev–Trinajstić information content (AvgIpc) is 3.51. The van der Waals surface area contributed by atoms with Crippen LogP contribution in [0, 0.1) is 5.82 Å². The van der Waals surface area contributed by atoms with Crippen LogP contribution < -0.4 is 5.32 Å². The number of fused-ring (bicyclic) bond motifs is 1. The van der Waals surface area contributed by atoms with Crippen molar-refractivity contribution in [2.24, 2.45) is 5.16 Å². The summed E-state index contributed by atoms with van der Waals surface area (Å²) in [5.74, 6) is -1.32. The molecule has 3 aliphatic rings. The summed E-state index contributed by atoms with van der Waals surface area (Å²) >= 11 is 11.5. The molecule has 37 heavy (non-hydrogen) atoms. The number of hydrogen-bond acceptors (Lipinski definition) is 6. The van der Waals surface area contributed by atoms with E-state index in [0.717, 1.165) is 42.5 Å². The number of amides is 1. The Balaban J connectivity index is 1.29.